The number of benzene rings is 1. The van der Waals surface area contributed by atoms with E-state index >= 15 is 0 Å². The largest absolute Gasteiger partial charge is 0.444 e. The van der Waals surface area contributed by atoms with Crippen LogP contribution in [0, 0.1) is 5.92 Å². The van der Waals surface area contributed by atoms with E-state index in [9.17, 15) is 18.0 Å². The maximum Gasteiger partial charge on any atom is 0.407 e. The predicted molar refractivity (Wildman–Crippen MR) is 117 cm³/mol. The molecule has 1 heterocycles. The number of likely N-dealkylation sites (tertiary alicyclic amines) is 1. The van der Waals surface area contributed by atoms with Gasteiger partial charge in [0, 0.05) is 30.9 Å². The van der Waals surface area contributed by atoms with Gasteiger partial charge in [0.2, 0.25) is 10.0 Å². The van der Waals surface area contributed by atoms with Crippen LogP contribution in [0.2, 0.25) is 0 Å². The number of carbonyl (C=O) groups is 2. The number of nitrogens with zero attached hydrogens (tertiary/aromatic N) is 1. The lowest BCUT2D eigenvalue weighted by Gasteiger charge is -2.32. The molecule has 1 aromatic rings. The van der Waals surface area contributed by atoms with Crippen LogP contribution in [0.1, 0.15) is 57.3 Å². The summed E-state index contributed by atoms with van der Waals surface area (Å²) in [6.45, 7) is 8.95. The fraction of sp³-hybridized carbons (Fsp3) is 0.619. The number of hydrogen-bond donors (Lipinski definition) is 2. The van der Waals surface area contributed by atoms with Crippen LogP contribution in [0.5, 0.6) is 0 Å². The summed E-state index contributed by atoms with van der Waals surface area (Å²) in [7, 11) is -3.40. The topological polar surface area (TPSA) is 105 Å². The summed E-state index contributed by atoms with van der Waals surface area (Å²) in [6, 6.07) is 6.58. The third-order valence-electron chi connectivity index (χ3n) is 4.69. The molecule has 0 radical (unpaired) electrons. The van der Waals surface area contributed by atoms with Crippen LogP contribution in [0.15, 0.2) is 24.3 Å². The van der Waals surface area contributed by atoms with Crippen molar-refractivity contribution in [2.45, 2.75) is 52.6 Å². The summed E-state index contributed by atoms with van der Waals surface area (Å²) in [5.41, 5.74) is 0.321. The first-order valence-electron chi connectivity index (χ1n) is 10.4. The molecular formula is C21H33N3O5S. The number of rotatable bonds is 7. The minimum absolute atomic E-state index is 0.0377. The van der Waals surface area contributed by atoms with Crippen molar-refractivity contribution in [2.75, 3.05) is 30.1 Å². The highest BCUT2D eigenvalue weighted by Gasteiger charge is 2.25. The van der Waals surface area contributed by atoms with Gasteiger partial charge in [0.25, 0.3) is 5.91 Å². The fourth-order valence-electron chi connectivity index (χ4n) is 3.28. The van der Waals surface area contributed by atoms with E-state index in [2.05, 4.69) is 10.0 Å². The molecule has 1 fully saturated rings. The molecule has 2 N–H and O–H groups in total. The number of hydrogen-bond acceptors (Lipinski definition) is 5. The molecule has 9 heteroatoms. The molecule has 0 saturated carbocycles. The Labute approximate surface area is 179 Å². The molecule has 2 amide bonds. The Hall–Kier alpha value is -2.29. The van der Waals surface area contributed by atoms with Crippen LogP contribution < -0.4 is 10.0 Å². The van der Waals surface area contributed by atoms with E-state index in [-0.39, 0.29) is 17.6 Å². The number of sulfonamides is 1. The third kappa shape index (κ3) is 7.85. The third-order valence-corrected chi connectivity index (χ3v) is 6.18. The molecule has 0 aromatic heterocycles. The van der Waals surface area contributed by atoms with Crippen molar-refractivity contribution in [3.8, 4) is 0 Å². The maximum atomic E-state index is 12.8. The lowest BCUT2D eigenvalue weighted by molar-refractivity contribution is 0.0500. The molecule has 30 heavy (non-hydrogen) atoms. The summed E-state index contributed by atoms with van der Waals surface area (Å²) >= 11 is 0. The van der Waals surface area contributed by atoms with E-state index in [1.165, 1.54) is 0 Å². The molecule has 1 aliphatic rings. The standard InChI is InChI=1S/C21H33N3O5S/c1-5-13-30(27,28)23-18-8-6-7-17(14-18)19(25)24-11-9-16(10-12-24)15-22-20(26)29-21(2,3)4/h6-8,14,16,23H,5,9-13,15H2,1-4H3,(H,22,26). The molecule has 2 rings (SSSR count). The van der Waals surface area contributed by atoms with Crippen molar-refractivity contribution in [1.29, 1.82) is 0 Å². The SMILES string of the molecule is CCCS(=O)(=O)Nc1cccc(C(=O)N2CCC(CNC(=O)OC(C)(C)C)CC2)c1. The van der Waals surface area contributed by atoms with Gasteiger partial charge in [-0.25, -0.2) is 13.2 Å². The molecule has 1 aromatic carbocycles. The fourth-order valence-corrected chi connectivity index (χ4v) is 4.41. The highest BCUT2D eigenvalue weighted by molar-refractivity contribution is 7.92. The lowest BCUT2D eigenvalue weighted by Crippen LogP contribution is -2.42. The number of piperidine rings is 1. The molecule has 1 aliphatic heterocycles. The summed E-state index contributed by atoms with van der Waals surface area (Å²) in [4.78, 5) is 26.4. The first-order chi connectivity index (χ1) is 14.0. The second-order valence-electron chi connectivity index (χ2n) is 8.62. The zero-order valence-electron chi connectivity index (χ0n) is 18.2. The molecule has 8 nitrogen and oxygen atoms in total. The van der Waals surface area contributed by atoms with Crippen molar-refractivity contribution in [3.63, 3.8) is 0 Å². The average molecular weight is 440 g/mol. The molecule has 0 aliphatic carbocycles. The Bertz CT molecular complexity index is 840. The van der Waals surface area contributed by atoms with Crippen LogP contribution in [-0.4, -0.2) is 56.3 Å². The normalized spacial score (nSPS) is 15.5. The summed E-state index contributed by atoms with van der Waals surface area (Å²) in [6.07, 6.45) is 1.66. The van der Waals surface area contributed by atoms with Crippen LogP contribution >= 0.6 is 0 Å². The van der Waals surface area contributed by atoms with Gasteiger partial charge in [-0.2, -0.15) is 0 Å². The van der Waals surface area contributed by atoms with E-state index in [0.717, 1.165) is 12.8 Å². The van der Waals surface area contributed by atoms with E-state index in [0.29, 0.717) is 37.3 Å². The van der Waals surface area contributed by atoms with Crippen LogP contribution in [-0.2, 0) is 14.8 Å². The molecule has 0 unspecified atom stereocenters. The molecule has 0 atom stereocenters. The molecular weight excluding hydrogens is 406 g/mol. The van der Waals surface area contributed by atoms with Crippen LogP contribution in [0.3, 0.4) is 0 Å². The zero-order chi connectivity index (χ0) is 22.4. The van der Waals surface area contributed by atoms with E-state index < -0.39 is 21.7 Å². The summed E-state index contributed by atoms with van der Waals surface area (Å²) in [5.74, 6) is 0.203. The van der Waals surface area contributed by atoms with Gasteiger partial charge >= 0.3 is 6.09 Å². The van der Waals surface area contributed by atoms with Gasteiger partial charge in [-0.15, -0.1) is 0 Å². The molecule has 0 spiro atoms. The average Bonchev–Trinajstić information content (AvgIpc) is 2.64. The molecule has 168 valence electrons. The zero-order valence-corrected chi connectivity index (χ0v) is 19.0. The molecule has 1 saturated heterocycles. The Kier molecular flexibility index (Phi) is 8.11. The van der Waals surface area contributed by atoms with Crippen molar-refractivity contribution in [2.24, 2.45) is 5.92 Å². The quantitative estimate of drug-likeness (QED) is 0.679. The van der Waals surface area contributed by atoms with E-state index in [1.54, 1.807) is 36.1 Å². The van der Waals surface area contributed by atoms with Gasteiger partial charge < -0.3 is 15.0 Å². The summed E-state index contributed by atoms with van der Waals surface area (Å²) in [5, 5.41) is 2.79. The number of carbonyl (C=O) groups excluding carboxylic acids is 2. The molecule has 0 bridgehead atoms. The second-order valence-corrected chi connectivity index (χ2v) is 10.5. The number of amides is 2. The maximum absolute atomic E-state index is 12.8. The Morgan fingerprint density at radius 1 is 1.20 bits per heavy atom. The highest BCUT2D eigenvalue weighted by Crippen LogP contribution is 2.20. The first-order valence-corrected chi connectivity index (χ1v) is 12.0. The van der Waals surface area contributed by atoms with E-state index in [4.69, 9.17) is 4.74 Å². The number of ether oxygens (including phenoxy) is 1. The van der Waals surface area contributed by atoms with Crippen LogP contribution in [0.4, 0.5) is 10.5 Å². The Balaban J connectivity index is 1.87. The van der Waals surface area contributed by atoms with E-state index in [1.807, 2.05) is 20.8 Å². The second kappa shape index (κ2) is 10.1. The Morgan fingerprint density at radius 2 is 1.87 bits per heavy atom. The lowest BCUT2D eigenvalue weighted by atomic mass is 9.96. The highest BCUT2D eigenvalue weighted by atomic mass is 32.2. The van der Waals surface area contributed by atoms with Crippen molar-refractivity contribution < 1.29 is 22.7 Å². The van der Waals surface area contributed by atoms with Crippen LogP contribution in [0.25, 0.3) is 0 Å². The van der Waals surface area contributed by atoms with Gasteiger partial charge in [-0.3, -0.25) is 9.52 Å². The van der Waals surface area contributed by atoms with Gasteiger partial charge in [0.1, 0.15) is 5.60 Å². The van der Waals surface area contributed by atoms with Crippen molar-refractivity contribution >= 4 is 27.7 Å². The monoisotopic (exact) mass is 439 g/mol. The van der Waals surface area contributed by atoms with Gasteiger partial charge in [-0.05, 0) is 64.2 Å². The number of alkyl carbamates (subject to hydrolysis) is 1. The smallest absolute Gasteiger partial charge is 0.407 e. The van der Waals surface area contributed by atoms with Gasteiger partial charge in [0.15, 0.2) is 0 Å². The number of anilines is 1. The van der Waals surface area contributed by atoms with Gasteiger partial charge in [-0.1, -0.05) is 13.0 Å². The minimum atomic E-state index is -3.40. The van der Waals surface area contributed by atoms with Crippen molar-refractivity contribution in [3.05, 3.63) is 29.8 Å². The predicted octanol–water partition coefficient (Wildman–Crippen LogP) is 3.22. The summed E-state index contributed by atoms with van der Waals surface area (Å²) < 4.78 is 31.7. The number of nitrogens with one attached hydrogen (secondary N) is 2. The Morgan fingerprint density at radius 3 is 2.47 bits per heavy atom. The first kappa shape index (κ1) is 24.0. The van der Waals surface area contributed by atoms with Crippen molar-refractivity contribution in [1.82, 2.24) is 10.2 Å². The minimum Gasteiger partial charge on any atom is -0.444 e. The van der Waals surface area contributed by atoms with Gasteiger partial charge in [0.05, 0.1) is 5.75 Å².